The van der Waals surface area contributed by atoms with E-state index in [0.717, 1.165) is 18.5 Å². The first-order valence-corrected chi connectivity index (χ1v) is 8.71. The predicted octanol–water partition coefficient (Wildman–Crippen LogP) is 3.94. The lowest BCUT2D eigenvalue weighted by Crippen LogP contribution is -2.45. The molecule has 0 radical (unpaired) electrons. The van der Waals surface area contributed by atoms with Crippen molar-refractivity contribution in [2.75, 3.05) is 25.0 Å². The first kappa shape index (κ1) is 17.3. The zero-order valence-electron chi connectivity index (χ0n) is 14.4. The van der Waals surface area contributed by atoms with Crippen LogP contribution in [0.15, 0.2) is 48.5 Å². The third-order valence-corrected chi connectivity index (χ3v) is 4.34. The summed E-state index contributed by atoms with van der Waals surface area (Å²) in [4.78, 5) is 14.7. The Hall–Kier alpha value is -2.56. The summed E-state index contributed by atoms with van der Waals surface area (Å²) >= 11 is 0. The molecule has 1 atom stereocenters. The average molecular weight is 342 g/mol. The molecule has 1 amide bonds. The number of ether oxygens (including phenoxy) is 1. The van der Waals surface area contributed by atoms with Crippen molar-refractivity contribution in [2.45, 2.75) is 25.8 Å². The fourth-order valence-corrected chi connectivity index (χ4v) is 3.19. The largest absolute Gasteiger partial charge is 0.490 e. The minimum Gasteiger partial charge on any atom is -0.490 e. The third kappa shape index (κ3) is 4.10. The molecule has 1 aliphatic rings. The molecule has 1 saturated heterocycles. The highest BCUT2D eigenvalue weighted by Crippen LogP contribution is 2.26. The molecule has 132 valence electrons. The molecule has 1 unspecified atom stereocenters. The van der Waals surface area contributed by atoms with Gasteiger partial charge in [0.25, 0.3) is 5.91 Å². The lowest BCUT2D eigenvalue weighted by Gasteiger charge is -2.34. The molecule has 25 heavy (non-hydrogen) atoms. The molecule has 4 nitrogen and oxygen atoms in total. The standard InChI is InChI=1S/C20H23FN2O2/c1-2-25-19-17(11-6-12-18(19)21)20(24)23-13-7-10-16(14-23)22-15-8-4-3-5-9-15/h3-6,8-9,11-12,16,22H,2,7,10,13-14H2,1H3. The van der Waals surface area contributed by atoms with Crippen LogP contribution in [0.25, 0.3) is 0 Å². The van der Waals surface area contributed by atoms with Crippen molar-refractivity contribution in [3.63, 3.8) is 0 Å². The fraction of sp³-hybridized carbons (Fsp3) is 0.350. The van der Waals surface area contributed by atoms with Crippen LogP contribution in [0.2, 0.25) is 0 Å². The molecule has 0 saturated carbocycles. The predicted molar refractivity (Wildman–Crippen MR) is 96.6 cm³/mol. The van der Waals surface area contributed by atoms with Crippen molar-refractivity contribution in [3.05, 3.63) is 59.9 Å². The number of carbonyl (C=O) groups excluding carboxylic acids is 1. The Morgan fingerprint density at radius 3 is 2.80 bits per heavy atom. The molecule has 0 spiro atoms. The molecule has 1 aliphatic heterocycles. The molecule has 1 N–H and O–H groups in total. The number of hydrogen-bond acceptors (Lipinski definition) is 3. The van der Waals surface area contributed by atoms with Gasteiger partial charge in [-0.1, -0.05) is 24.3 Å². The fourth-order valence-electron chi connectivity index (χ4n) is 3.19. The number of anilines is 1. The van der Waals surface area contributed by atoms with Gasteiger partial charge in [-0.15, -0.1) is 0 Å². The first-order chi connectivity index (χ1) is 12.2. The van der Waals surface area contributed by atoms with E-state index in [9.17, 15) is 9.18 Å². The number of piperidine rings is 1. The Morgan fingerprint density at radius 2 is 2.04 bits per heavy atom. The molecule has 1 fully saturated rings. The van der Waals surface area contributed by atoms with E-state index in [4.69, 9.17) is 4.74 Å². The van der Waals surface area contributed by atoms with Gasteiger partial charge >= 0.3 is 0 Å². The summed E-state index contributed by atoms with van der Waals surface area (Å²) in [6.45, 7) is 3.37. The van der Waals surface area contributed by atoms with Crippen molar-refractivity contribution >= 4 is 11.6 Å². The number of carbonyl (C=O) groups is 1. The van der Waals surface area contributed by atoms with E-state index in [1.54, 1.807) is 24.0 Å². The summed E-state index contributed by atoms with van der Waals surface area (Å²) in [7, 11) is 0. The third-order valence-electron chi connectivity index (χ3n) is 4.34. The topological polar surface area (TPSA) is 41.6 Å². The molecule has 0 aromatic heterocycles. The molecule has 1 heterocycles. The average Bonchev–Trinajstić information content (AvgIpc) is 2.64. The maximum atomic E-state index is 14.0. The Morgan fingerprint density at radius 1 is 1.24 bits per heavy atom. The van der Waals surface area contributed by atoms with Crippen LogP contribution in [-0.2, 0) is 0 Å². The summed E-state index contributed by atoms with van der Waals surface area (Å²) in [5.41, 5.74) is 1.34. The van der Waals surface area contributed by atoms with Gasteiger partial charge in [-0.05, 0) is 44.0 Å². The number of likely N-dealkylation sites (tertiary alicyclic amines) is 1. The second kappa shape index (κ2) is 8.01. The molecular formula is C20H23FN2O2. The van der Waals surface area contributed by atoms with Gasteiger partial charge in [0, 0.05) is 24.8 Å². The number of hydrogen-bond donors (Lipinski definition) is 1. The van der Waals surface area contributed by atoms with Gasteiger partial charge in [-0.2, -0.15) is 0 Å². The van der Waals surface area contributed by atoms with Gasteiger partial charge in [0.05, 0.1) is 12.2 Å². The lowest BCUT2D eigenvalue weighted by molar-refractivity contribution is 0.0709. The van der Waals surface area contributed by atoms with Gasteiger partial charge in [0.1, 0.15) is 0 Å². The van der Waals surface area contributed by atoms with E-state index in [-0.39, 0.29) is 17.7 Å². The molecule has 5 heteroatoms. The second-order valence-corrected chi connectivity index (χ2v) is 6.15. The molecule has 2 aromatic carbocycles. The quantitative estimate of drug-likeness (QED) is 0.895. The maximum absolute atomic E-state index is 14.0. The number of benzene rings is 2. The normalized spacial score (nSPS) is 17.2. The highest BCUT2D eigenvalue weighted by molar-refractivity contribution is 5.97. The molecule has 3 rings (SSSR count). The lowest BCUT2D eigenvalue weighted by atomic mass is 10.0. The van der Waals surface area contributed by atoms with Crippen molar-refractivity contribution < 1.29 is 13.9 Å². The van der Waals surface area contributed by atoms with Crippen molar-refractivity contribution in [1.82, 2.24) is 4.90 Å². The Labute approximate surface area is 147 Å². The van der Waals surface area contributed by atoms with Crippen LogP contribution in [0, 0.1) is 5.82 Å². The van der Waals surface area contributed by atoms with E-state index in [0.29, 0.717) is 25.3 Å². The van der Waals surface area contributed by atoms with Crippen LogP contribution in [0.4, 0.5) is 10.1 Å². The zero-order chi connectivity index (χ0) is 17.6. The summed E-state index contributed by atoms with van der Waals surface area (Å²) in [6, 6.07) is 14.6. The van der Waals surface area contributed by atoms with E-state index >= 15 is 0 Å². The Balaban J connectivity index is 1.73. The molecule has 2 aromatic rings. The van der Waals surface area contributed by atoms with Crippen LogP contribution in [0.1, 0.15) is 30.1 Å². The number of rotatable bonds is 5. The van der Waals surface area contributed by atoms with Crippen LogP contribution in [0.3, 0.4) is 0 Å². The number of amides is 1. The number of nitrogens with zero attached hydrogens (tertiary/aromatic N) is 1. The van der Waals surface area contributed by atoms with Crippen LogP contribution in [0.5, 0.6) is 5.75 Å². The Bertz CT molecular complexity index is 721. The number of nitrogens with one attached hydrogen (secondary N) is 1. The molecule has 0 bridgehead atoms. The van der Waals surface area contributed by atoms with Crippen molar-refractivity contribution in [3.8, 4) is 5.75 Å². The minimum atomic E-state index is -0.497. The Kier molecular flexibility index (Phi) is 5.53. The van der Waals surface area contributed by atoms with Gasteiger partial charge in [0.15, 0.2) is 11.6 Å². The SMILES string of the molecule is CCOc1c(F)cccc1C(=O)N1CCCC(Nc2ccccc2)C1. The van der Waals surface area contributed by atoms with Gasteiger partial charge in [-0.25, -0.2) is 4.39 Å². The number of halogens is 1. The smallest absolute Gasteiger partial charge is 0.257 e. The zero-order valence-corrected chi connectivity index (χ0v) is 14.4. The monoisotopic (exact) mass is 342 g/mol. The highest BCUT2D eigenvalue weighted by Gasteiger charge is 2.27. The van der Waals surface area contributed by atoms with Crippen LogP contribution < -0.4 is 10.1 Å². The minimum absolute atomic E-state index is 0.0492. The highest BCUT2D eigenvalue weighted by atomic mass is 19.1. The van der Waals surface area contributed by atoms with E-state index in [1.165, 1.54) is 6.07 Å². The second-order valence-electron chi connectivity index (χ2n) is 6.15. The van der Waals surface area contributed by atoms with Gasteiger partial charge < -0.3 is 15.0 Å². The van der Waals surface area contributed by atoms with Gasteiger partial charge in [-0.3, -0.25) is 4.79 Å². The van der Waals surface area contributed by atoms with E-state index < -0.39 is 5.82 Å². The van der Waals surface area contributed by atoms with Crippen molar-refractivity contribution in [1.29, 1.82) is 0 Å². The summed E-state index contributed by atoms with van der Waals surface area (Å²) < 4.78 is 19.4. The summed E-state index contributed by atoms with van der Waals surface area (Å²) in [5.74, 6) is -0.626. The van der Waals surface area contributed by atoms with Crippen LogP contribution in [-0.4, -0.2) is 36.5 Å². The van der Waals surface area contributed by atoms with Crippen LogP contribution >= 0.6 is 0 Å². The summed E-state index contributed by atoms with van der Waals surface area (Å²) in [6.07, 6.45) is 1.91. The first-order valence-electron chi connectivity index (χ1n) is 8.71. The van der Waals surface area contributed by atoms with E-state index in [1.807, 2.05) is 30.3 Å². The summed E-state index contributed by atoms with van der Waals surface area (Å²) in [5, 5.41) is 3.47. The maximum Gasteiger partial charge on any atom is 0.257 e. The van der Waals surface area contributed by atoms with Gasteiger partial charge in [0.2, 0.25) is 0 Å². The molecule has 0 aliphatic carbocycles. The molecular weight excluding hydrogens is 319 g/mol. The van der Waals surface area contributed by atoms with Crippen molar-refractivity contribution in [2.24, 2.45) is 0 Å². The number of para-hydroxylation sites is 2. The van der Waals surface area contributed by atoms with E-state index in [2.05, 4.69) is 5.32 Å².